The lowest BCUT2D eigenvalue weighted by molar-refractivity contribution is 0.00180. The van der Waals surface area contributed by atoms with Crippen LogP contribution in [0.1, 0.15) is 17.2 Å². The van der Waals surface area contributed by atoms with Crippen molar-refractivity contribution in [1.29, 1.82) is 0 Å². The molecule has 0 bridgehead atoms. The van der Waals surface area contributed by atoms with E-state index in [1.165, 1.54) is 0 Å². The molecule has 0 radical (unpaired) electrons. The van der Waals surface area contributed by atoms with Gasteiger partial charge in [-0.2, -0.15) is 0 Å². The molecule has 1 aliphatic rings. The van der Waals surface area contributed by atoms with Crippen LogP contribution in [0.2, 0.25) is 10.0 Å². The predicted octanol–water partition coefficient (Wildman–Crippen LogP) is 3.94. The van der Waals surface area contributed by atoms with Crippen LogP contribution >= 0.6 is 23.2 Å². The summed E-state index contributed by atoms with van der Waals surface area (Å²) in [6.45, 7) is 4.68. The number of hydrogen-bond donors (Lipinski definition) is 1. The van der Waals surface area contributed by atoms with Crippen LogP contribution in [0.25, 0.3) is 0 Å². The van der Waals surface area contributed by atoms with Gasteiger partial charge in [0.2, 0.25) is 0 Å². The maximum atomic E-state index is 6.18. The summed E-state index contributed by atoms with van der Waals surface area (Å²) in [5.74, 6) is 0. The normalized spacial score (nSPS) is 15.6. The maximum absolute atomic E-state index is 6.18. The Bertz CT molecular complexity index is 598. The minimum absolute atomic E-state index is 0.152. The molecule has 6 heteroatoms. The lowest BCUT2D eigenvalue weighted by Gasteiger charge is -2.27. The quantitative estimate of drug-likeness (QED) is 0.737. The van der Waals surface area contributed by atoms with Gasteiger partial charge in [0.1, 0.15) is 6.10 Å². The van der Waals surface area contributed by atoms with Crippen LogP contribution in [0.15, 0.2) is 48.5 Å². The first-order chi connectivity index (χ1) is 12.2. The predicted molar refractivity (Wildman–Crippen MR) is 101 cm³/mol. The Labute approximate surface area is 158 Å². The zero-order valence-electron chi connectivity index (χ0n) is 14.0. The van der Waals surface area contributed by atoms with Gasteiger partial charge < -0.3 is 9.47 Å². The second-order valence-corrected chi connectivity index (χ2v) is 6.73. The van der Waals surface area contributed by atoms with E-state index in [9.17, 15) is 0 Å². The van der Waals surface area contributed by atoms with Gasteiger partial charge in [-0.3, -0.25) is 5.43 Å². The average molecular weight is 381 g/mol. The van der Waals surface area contributed by atoms with Crippen LogP contribution < -0.4 is 5.43 Å². The Morgan fingerprint density at radius 1 is 0.920 bits per heavy atom. The van der Waals surface area contributed by atoms with Crippen molar-refractivity contribution in [2.75, 3.05) is 39.5 Å². The largest absolute Gasteiger partial charge is 0.379 e. The fourth-order valence-corrected chi connectivity index (χ4v) is 3.01. The van der Waals surface area contributed by atoms with E-state index in [0.29, 0.717) is 16.7 Å². The molecule has 1 saturated heterocycles. The van der Waals surface area contributed by atoms with E-state index in [-0.39, 0.29) is 6.10 Å². The molecule has 25 heavy (non-hydrogen) atoms. The highest BCUT2D eigenvalue weighted by Gasteiger charge is 2.15. The second kappa shape index (κ2) is 9.53. The summed E-state index contributed by atoms with van der Waals surface area (Å²) in [7, 11) is 0. The highest BCUT2D eigenvalue weighted by Crippen LogP contribution is 2.28. The Hall–Kier alpha value is -1.14. The monoisotopic (exact) mass is 380 g/mol. The summed E-state index contributed by atoms with van der Waals surface area (Å²) in [6, 6.07) is 15.5. The first kappa shape index (κ1) is 18.6. The zero-order valence-corrected chi connectivity index (χ0v) is 15.5. The third kappa shape index (κ3) is 5.68. The van der Waals surface area contributed by atoms with Gasteiger partial charge in [-0.1, -0.05) is 47.5 Å². The molecule has 0 amide bonds. The molecule has 0 unspecified atom stereocenters. The van der Waals surface area contributed by atoms with Crippen molar-refractivity contribution in [1.82, 2.24) is 10.4 Å². The SMILES string of the molecule is Clc1ccc(C(OCCNN2CCOCC2)c2ccc(Cl)cc2)cc1. The van der Waals surface area contributed by atoms with Crippen molar-refractivity contribution in [2.24, 2.45) is 0 Å². The van der Waals surface area contributed by atoms with Crippen LogP contribution in [0.5, 0.6) is 0 Å². The van der Waals surface area contributed by atoms with Crippen LogP contribution in [0.3, 0.4) is 0 Å². The minimum atomic E-state index is -0.152. The van der Waals surface area contributed by atoms with E-state index < -0.39 is 0 Å². The Morgan fingerprint density at radius 2 is 1.44 bits per heavy atom. The Morgan fingerprint density at radius 3 is 1.96 bits per heavy atom. The number of hydrogen-bond acceptors (Lipinski definition) is 4. The number of rotatable bonds is 7. The van der Waals surface area contributed by atoms with Crippen LogP contribution in [-0.2, 0) is 9.47 Å². The van der Waals surface area contributed by atoms with Crippen LogP contribution in [0, 0.1) is 0 Å². The molecule has 134 valence electrons. The fourth-order valence-electron chi connectivity index (χ4n) is 2.76. The van der Waals surface area contributed by atoms with Gasteiger partial charge in [0.15, 0.2) is 0 Å². The highest BCUT2D eigenvalue weighted by atomic mass is 35.5. The van der Waals surface area contributed by atoms with Crippen molar-refractivity contribution >= 4 is 23.2 Å². The summed E-state index contributed by atoms with van der Waals surface area (Å²) in [6.07, 6.45) is -0.152. The van der Waals surface area contributed by atoms with Crippen molar-refractivity contribution in [3.05, 3.63) is 69.7 Å². The molecule has 3 rings (SSSR count). The lowest BCUT2D eigenvalue weighted by Crippen LogP contribution is -2.46. The van der Waals surface area contributed by atoms with E-state index in [4.69, 9.17) is 32.7 Å². The molecule has 1 N–H and O–H groups in total. The maximum Gasteiger partial charge on any atom is 0.108 e. The van der Waals surface area contributed by atoms with Gasteiger partial charge in [-0.25, -0.2) is 5.01 Å². The van der Waals surface area contributed by atoms with E-state index in [1.54, 1.807) is 0 Å². The van der Waals surface area contributed by atoms with Gasteiger partial charge in [-0.15, -0.1) is 0 Å². The van der Waals surface area contributed by atoms with E-state index >= 15 is 0 Å². The van der Waals surface area contributed by atoms with Crippen molar-refractivity contribution < 1.29 is 9.47 Å². The molecule has 1 heterocycles. The third-order valence-corrected chi connectivity index (χ3v) is 4.58. The molecular formula is C19H22Cl2N2O2. The van der Waals surface area contributed by atoms with Gasteiger partial charge in [0.25, 0.3) is 0 Å². The average Bonchev–Trinajstić information content (AvgIpc) is 2.65. The molecule has 0 saturated carbocycles. The van der Waals surface area contributed by atoms with Crippen molar-refractivity contribution in [3.8, 4) is 0 Å². The number of benzene rings is 2. The molecule has 2 aromatic rings. The topological polar surface area (TPSA) is 33.7 Å². The molecule has 1 fully saturated rings. The lowest BCUT2D eigenvalue weighted by atomic mass is 10.0. The van der Waals surface area contributed by atoms with Gasteiger partial charge in [0, 0.05) is 29.7 Å². The van der Waals surface area contributed by atoms with E-state index in [2.05, 4.69) is 10.4 Å². The summed E-state index contributed by atoms with van der Waals surface area (Å²) in [5.41, 5.74) is 5.52. The van der Waals surface area contributed by atoms with Crippen LogP contribution in [-0.4, -0.2) is 44.5 Å². The number of nitrogens with zero attached hydrogens (tertiary/aromatic N) is 1. The molecule has 4 nitrogen and oxygen atoms in total. The molecule has 0 atom stereocenters. The summed E-state index contributed by atoms with van der Waals surface area (Å²) in [5, 5.41) is 3.60. The molecule has 0 spiro atoms. The first-order valence-corrected chi connectivity index (χ1v) is 9.17. The molecule has 0 aromatic heterocycles. The van der Waals surface area contributed by atoms with Crippen molar-refractivity contribution in [2.45, 2.75) is 6.10 Å². The fraction of sp³-hybridized carbons (Fsp3) is 0.368. The Kier molecular flexibility index (Phi) is 7.11. The number of morpholine rings is 1. The summed E-state index contributed by atoms with van der Waals surface area (Å²) >= 11 is 12.0. The van der Waals surface area contributed by atoms with Crippen molar-refractivity contribution in [3.63, 3.8) is 0 Å². The Balaban J connectivity index is 1.61. The van der Waals surface area contributed by atoms with Gasteiger partial charge in [-0.05, 0) is 35.4 Å². The molecular weight excluding hydrogens is 359 g/mol. The van der Waals surface area contributed by atoms with Crippen LogP contribution in [0.4, 0.5) is 0 Å². The first-order valence-electron chi connectivity index (χ1n) is 8.41. The number of nitrogens with one attached hydrogen (secondary N) is 1. The summed E-state index contributed by atoms with van der Waals surface area (Å²) < 4.78 is 11.5. The standard InChI is InChI=1S/C19H22Cl2N2O2/c20-17-5-1-15(2-6-17)19(16-3-7-18(21)8-4-16)25-12-9-22-23-10-13-24-14-11-23/h1-8,19,22H,9-14H2. The highest BCUT2D eigenvalue weighted by molar-refractivity contribution is 6.30. The number of halogens is 2. The number of ether oxygens (including phenoxy) is 2. The molecule has 0 aliphatic carbocycles. The molecule has 1 aliphatic heterocycles. The minimum Gasteiger partial charge on any atom is -0.379 e. The number of hydrazine groups is 1. The smallest absolute Gasteiger partial charge is 0.108 e. The second-order valence-electron chi connectivity index (χ2n) is 5.86. The summed E-state index contributed by atoms with van der Waals surface area (Å²) in [4.78, 5) is 0. The zero-order chi connectivity index (χ0) is 17.5. The van der Waals surface area contributed by atoms with E-state index in [1.807, 2.05) is 48.5 Å². The van der Waals surface area contributed by atoms with Gasteiger partial charge in [0.05, 0.1) is 19.8 Å². The third-order valence-electron chi connectivity index (χ3n) is 4.08. The molecule has 2 aromatic carbocycles. The van der Waals surface area contributed by atoms with Gasteiger partial charge >= 0.3 is 0 Å². The van der Waals surface area contributed by atoms with E-state index in [0.717, 1.165) is 44.0 Å².